The summed E-state index contributed by atoms with van der Waals surface area (Å²) in [7, 11) is 0. The third-order valence-electron chi connectivity index (χ3n) is 3.48. The lowest BCUT2D eigenvalue weighted by atomic mass is 10.1. The summed E-state index contributed by atoms with van der Waals surface area (Å²) in [5.74, 6) is 0. The van der Waals surface area contributed by atoms with Gasteiger partial charge in [0.15, 0.2) is 0 Å². The van der Waals surface area contributed by atoms with Crippen molar-refractivity contribution in [2.45, 2.75) is 38.1 Å². The van der Waals surface area contributed by atoms with Gasteiger partial charge in [0.05, 0.1) is 0 Å². The molecule has 2 rings (SSSR count). The third kappa shape index (κ3) is 6.08. The number of nitrogens with one attached hydrogen (secondary N) is 1. The molecule has 0 aliphatic heterocycles. The van der Waals surface area contributed by atoms with Crippen LogP contribution in [-0.2, 0) is 12.8 Å². The van der Waals surface area contributed by atoms with Crippen LogP contribution < -0.4 is 5.32 Å². The molecule has 0 spiro atoms. The molecule has 0 heterocycles. The largest absolute Gasteiger partial charge is 0.379 e. The van der Waals surface area contributed by atoms with Crippen LogP contribution in [0.25, 0.3) is 0 Å². The highest BCUT2D eigenvalue weighted by Gasteiger charge is 2.10. The van der Waals surface area contributed by atoms with E-state index in [4.69, 9.17) is 0 Å². The fraction of sp³-hybridized carbons (Fsp3) is 0.333. The van der Waals surface area contributed by atoms with Crippen molar-refractivity contribution < 1.29 is 10.2 Å². The van der Waals surface area contributed by atoms with Crippen molar-refractivity contribution in [2.24, 2.45) is 0 Å². The van der Waals surface area contributed by atoms with Crippen molar-refractivity contribution in [3.63, 3.8) is 0 Å². The molecule has 0 saturated carbocycles. The molecule has 21 heavy (non-hydrogen) atoms. The van der Waals surface area contributed by atoms with Crippen LogP contribution in [0.15, 0.2) is 60.7 Å². The van der Waals surface area contributed by atoms with Gasteiger partial charge in [-0.3, -0.25) is 5.32 Å². The van der Waals surface area contributed by atoms with E-state index in [1.807, 2.05) is 60.7 Å². The van der Waals surface area contributed by atoms with E-state index >= 15 is 0 Å². The van der Waals surface area contributed by atoms with Gasteiger partial charge in [0.2, 0.25) is 0 Å². The van der Waals surface area contributed by atoms with Gasteiger partial charge in [0, 0.05) is 0 Å². The minimum atomic E-state index is -0.684. The average molecular weight is 285 g/mol. The molecule has 0 aliphatic rings. The molecule has 0 fully saturated rings. The van der Waals surface area contributed by atoms with Gasteiger partial charge in [-0.1, -0.05) is 60.7 Å². The number of aliphatic hydroxyl groups excluding tert-OH is 2. The highest BCUT2D eigenvalue weighted by atomic mass is 16.3. The van der Waals surface area contributed by atoms with Crippen LogP contribution >= 0.6 is 0 Å². The Labute approximate surface area is 126 Å². The van der Waals surface area contributed by atoms with Crippen molar-refractivity contribution in [1.29, 1.82) is 0 Å². The first-order valence-electron chi connectivity index (χ1n) is 7.44. The monoisotopic (exact) mass is 285 g/mol. The van der Waals surface area contributed by atoms with Crippen LogP contribution in [0.3, 0.4) is 0 Å². The maximum absolute atomic E-state index is 9.91. The van der Waals surface area contributed by atoms with Crippen LogP contribution in [0.5, 0.6) is 0 Å². The summed E-state index contributed by atoms with van der Waals surface area (Å²) in [6.45, 7) is 0. The quantitative estimate of drug-likeness (QED) is 0.653. The molecule has 0 aliphatic carbocycles. The lowest BCUT2D eigenvalue weighted by molar-refractivity contribution is 0.0340. The van der Waals surface area contributed by atoms with Crippen LogP contribution in [0, 0.1) is 0 Å². The topological polar surface area (TPSA) is 52.5 Å². The first-order valence-corrected chi connectivity index (χ1v) is 7.44. The van der Waals surface area contributed by atoms with Crippen LogP contribution in [0.1, 0.15) is 24.0 Å². The van der Waals surface area contributed by atoms with Gasteiger partial charge in [0.25, 0.3) is 0 Å². The Morgan fingerprint density at radius 1 is 0.667 bits per heavy atom. The van der Waals surface area contributed by atoms with E-state index in [0.717, 1.165) is 12.8 Å². The lowest BCUT2D eigenvalue weighted by Gasteiger charge is -2.18. The normalized spacial score (nSPS) is 13.8. The Bertz CT molecular complexity index is 454. The Hall–Kier alpha value is -1.68. The van der Waals surface area contributed by atoms with Crippen molar-refractivity contribution in [1.82, 2.24) is 5.32 Å². The second-order valence-electron chi connectivity index (χ2n) is 5.25. The summed E-state index contributed by atoms with van der Waals surface area (Å²) in [6, 6.07) is 20.1. The molecule has 3 nitrogen and oxygen atoms in total. The number of aryl methyl sites for hydroxylation is 2. The van der Waals surface area contributed by atoms with Gasteiger partial charge in [-0.25, -0.2) is 0 Å². The van der Waals surface area contributed by atoms with Crippen LogP contribution in [0.4, 0.5) is 0 Å². The van der Waals surface area contributed by atoms with Crippen LogP contribution in [-0.4, -0.2) is 22.7 Å². The van der Waals surface area contributed by atoms with E-state index in [0.29, 0.717) is 12.8 Å². The van der Waals surface area contributed by atoms with E-state index in [-0.39, 0.29) is 0 Å². The number of benzene rings is 2. The average Bonchev–Trinajstić information content (AvgIpc) is 2.53. The summed E-state index contributed by atoms with van der Waals surface area (Å²) in [4.78, 5) is 0. The maximum atomic E-state index is 9.91. The molecular weight excluding hydrogens is 262 g/mol. The van der Waals surface area contributed by atoms with Crippen LogP contribution in [0.2, 0.25) is 0 Å². The maximum Gasteiger partial charge on any atom is 0.107 e. The van der Waals surface area contributed by atoms with E-state index in [9.17, 15) is 10.2 Å². The molecule has 0 radical (unpaired) electrons. The zero-order chi connectivity index (χ0) is 14.9. The molecule has 0 saturated heterocycles. The Morgan fingerprint density at radius 2 is 1.05 bits per heavy atom. The fourth-order valence-corrected chi connectivity index (χ4v) is 2.28. The van der Waals surface area contributed by atoms with Gasteiger partial charge >= 0.3 is 0 Å². The zero-order valence-corrected chi connectivity index (χ0v) is 12.2. The first-order chi connectivity index (χ1) is 10.2. The molecule has 3 N–H and O–H groups in total. The Morgan fingerprint density at radius 3 is 1.43 bits per heavy atom. The van der Waals surface area contributed by atoms with Crippen molar-refractivity contribution in [3.05, 3.63) is 71.8 Å². The van der Waals surface area contributed by atoms with Gasteiger partial charge in [-0.15, -0.1) is 0 Å². The number of rotatable bonds is 8. The summed E-state index contributed by atoms with van der Waals surface area (Å²) in [5, 5.41) is 22.6. The van der Waals surface area contributed by atoms with Gasteiger partial charge in [-0.2, -0.15) is 0 Å². The fourth-order valence-electron chi connectivity index (χ4n) is 2.28. The molecule has 2 aromatic carbocycles. The second kappa shape index (κ2) is 8.57. The SMILES string of the molecule is OC(CCc1ccccc1)NC(O)CCc1ccccc1. The predicted octanol–water partition coefficient (Wildman–Crippen LogP) is 2.48. The third-order valence-corrected chi connectivity index (χ3v) is 3.48. The predicted molar refractivity (Wildman–Crippen MR) is 84.7 cm³/mol. The molecule has 2 aromatic rings. The van der Waals surface area contributed by atoms with Crippen molar-refractivity contribution in [2.75, 3.05) is 0 Å². The second-order valence-corrected chi connectivity index (χ2v) is 5.25. The number of hydrogen-bond donors (Lipinski definition) is 3. The Balaban J connectivity index is 1.66. The molecule has 0 aromatic heterocycles. The smallest absolute Gasteiger partial charge is 0.107 e. The molecule has 112 valence electrons. The van der Waals surface area contributed by atoms with Crippen molar-refractivity contribution >= 4 is 0 Å². The highest BCUT2D eigenvalue weighted by Crippen LogP contribution is 2.06. The summed E-state index contributed by atoms with van der Waals surface area (Å²) in [6.07, 6.45) is 1.39. The minimum absolute atomic E-state index is 0.590. The molecule has 2 atom stereocenters. The molecule has 2 unspecified atom stereocenters. The van der Waals surface area contributed by atoms with Gasteiger partial charge in [0.1, 0.15) is 12.5 Å². The van der Waals surface area contributed by atoms with E-state index in [1.54, 1.807) is 0 Å². The summed E-state index contributed by atoms with van der Waals surface area (Å²) in [5.41, 5.74) is 2.38. The molecule has 3 heteroatoms. The Kier molecular flexibility index (Phi) is 6.41. The van der Waals surface area contributed by atoms with E-state index in [2.05, 4.69) is 5.32 Å². The van der Waals surface area contributed by atoms with E-state index in [1.165, 1.54) is 11.1 Å². The zero-order valence-electron chi connectivity index (χ0n) is 12.2. The van der Waals surface area contributed by atoms with Gasteiger partial charge in [-0.05, 0) is 36.8 Å². The minimum Gasteiger partial charge on any atom is -0.379 e. The van der Waals surface area contributed by atoms with Crippen molar-refractivity contribution in [3.8, 4) is 0 Å². The standard InChI is InChI=1S/C18H23NO2/c20-17(13-11-15-7-3-1-4-8-15)19-18(21)14-12-16-9-5-2-6-10-16/h1-10,17-21H,11-14H2. The van der Waals surface area contributed by atoms with E-state index < -0.39 is 12.5 Å². The van der Waals surface area contributed by atoms with Gasteiger partial charge < -0.3 is 10.2 Å². The molecule has 0 bridgehead atoms. The lowest BCUT2D eigenvalue weighted by Crippen LogP contribution is -2.38. The molecule has 0 amide bonds. The molecular formula is C18H23NO2. The highest BCUT2D eigenvalue weighted by molar-refractivity contribution is 5.15. The first kappa shape index (κ1) is 15.7. The summed E-state index contributed by atoms with van der Waals surface area (Å²) < 4.78 is 0. The number of aliphatic hydroxyl groups is 2. The summed E-state index contributed by atoms with van der Waals surface area (Å²) >= 11 is 0. The number of hydrogen-bond acceptors (Lipinski definition) is 3.